The molecular formula is C15H12ClN3O2. The third-order valence-corrected chi connectivity index (χ3v) is 3.17. The molecule has 0 aliphatic rings. The van der Waals surface area contributed by atoms with E-state index >= 15 is 0 Å². The number of anilines is 2. The van der Waals surface area contributed by atoms with E-state index in [1.807, 2.05) is 6.07 Å². The summed E-state index contributed by atoms with van der Waals surface area (Å²) in [5, 5.41) is 11.8. The monoisotopic (exact) mass is 301 g/mol. The second kappa shape index (κ2) is 6.16. The molecule has 106 valence electrons. The number of nitrogens with zero attached hydrogens (tertiary/aromatic N) is 1. The SMILES string of the molecule is COc1ccc(N)c(C(=O)Nc2ccc(C#N)c(Cl)c2)c1. The largest absolute Gasteiger partial charge is 0.497 e. The van der Waals surface area contributed by atoms with Gasteiger partial charge >= 0.3 is 0 Å². The van der Waals surface area contributed by atoms with Crippen molar-refractivity contribution in [2.75, 3.05) is 18.2 Å². The number of nitriles is 1. The fourth-order valence-corrected chi connectivity index (χ4v) is 1.96. The maximum Gasteiger partial charge on any atom is 0.257 e. The van der Waals surface area contributed by atoms with Gasteiger partial charge in [-0.15, -0.1) is 0 Å². The second-order valence-electron chi connectivity index (χ2n) is 4.21. The number of nitrogen functional groups attached to an aromatic ring is 1. The molecule has 0 aromatic heterocycles. The highest BCUT2D eigenvalue weighted by Crippen LogP contribution is 2.23. The molecule has 0 saturated heterocycles. The van der Waals surface area contributed by atoms with E-state index in [0.29, 0.717) is 28.3 Å². The van der Waals surface area contributed by atoms with E-state index < -0.39 is 0 Å². The Labute approximate surface area is 126 Å². The molecule has 21 heavy (non-hydrogen) atoms. The minimum atomic E-state index is -0.382. The summed E-state index contributed by atoms with van der Waals surface area (Å²) in [5.41, 5.74) is 7.25. The number of hydrogen-bond acceptors (Lipinski definition) is 4. The van der Waals surface area contributed by atoms with Crippen molar-refractivity contribution in [1.82, 2.24) is 0 Å². The third-order valence-electron chi connectivity index (χ3n) is 2.85. The van der Waals surface area contributed by atoms with Crippen LogP contribution in [-0.2, 0) is 0 Å². The fraction of sp³-hybridized carbons (Fsp3) is 0.0667. The number of rotatable bonds is 3. The number of carbonyl (C=O) groups excluding carboxylic acids is 1. The van der Waals surface area contributed by atoms with Gasteiger partial charge in [-0.1, -0.05) is 11.6 Å². The number of ether oxygens (including phenoxy) is 1. The van der Waals surface area contributed by atoms with Crippen molar-refractivity contribution in [1.29, 1.82) is 5.26 Å². The number of benzene rings is 2. The van der Waals surface area contributed by atoms with Crippen LogP contribution < -0.4 is 15.8 Å². The summed E-state index contributed by atoms with van der Waals surface area (Å²) < 4.78 is 5.07. The van der Waals surface area contributed by atoms with Gasteiger partial charge in [-0.05, 0) is 36.4 Å². The molecule has 0 unspecified atom stereocenters. The van der Waals surface area contributed by atoms with Crippen LogP contribution in [0.2, 0.25) is 5.02 Å². The van der Waals surface area contributed by atoms with Crippen LogP contribution in [0.3, 0.4) is 0 Å². The molecule has 0 spiro atoms. The molecule has 0 aliphatic carbocycles. The van der Waals surface area contributed by atoms with Crippen molar-refractivity contribution < 1.29 is 9.53 Å². The van der Waals surface area contributed by atoms with Crippen LogP contribution in [-0.4, -0.2) is 13.0 Å². The Morgan fingerprint density at radius 2 is 2.10 bits per heavy atom. The van der Waals surface area contributed by atoms with Crippen LogP contribution in [0.25, 0.3) is 0 Å². The van der Waals surface area contributed by atoms with E-state index in [1.54, 1.807) is 24.3 Å². The molecular weight excluding hydrogens is 290 g/mol. The van der Waals surface area contributed by atoms with E-state index in [0.717, 1.165) is 0 Å². The summed E-state index contributed by atoms with van der Waals surface area (Å²) in [6.07, 6.45) is 0. The molecule has 2 rings (SSSR count). The minimum Gasteiger partial charge on any atom is -0.497 e. The Kier molecular flexibility index (Phi) is 4.31. The highest BCUT2D eigenvalue weighted by molar-refractivity contribution is 6.32. The lowest BCUT2D eigenvalue weighted by Crippen LogP contribution is -2.14. The summed E-state index contributed by atoms with van der Waals surface area (Å²) in [7, 11) is 1.51. The predicted molar refractivity (Wildman–Crippen MR) is 81.5 cm³/mol. The van der Waals surface area contributed by atoms with E-state index in [-0.39, 0.29) is 10.9 Å². The average Bonchev–Trinajstić information content (AvgIpc) is 2.48. The van der Waals surface area contributed by atoms with Crippen LogP contribution >= 0.6 is 11.6 Å². The number of nitrogens with one attached hydrogen (secondary N) is 1. The van der Waals surface area contributed by atoms with Gasteiger partial charge in [-0.2, -0.15) is 5.26 Å². The summed E-state index contributed by atoms with van der Waals surface area (Å²) >= 11 is 5.92. The topological polar surface area (TPSA) is 88.1 Å². The zero-order valence-corrected chi connectivity index (χ0v) is 11.9. The lowest BCUT2D eigenvalue weighted by Gasteiger charge is -2.09. The Balaban J connectivity index is 2.26. The van der Waals surface area contributed by atoms with Crippen molar-refractivity contribution in [3.63, 3.8) is 0 Å². The molecule has 0 atom stereocenters. The van der Waals surface area contributed by atoms with E-state index in [2.05, 4.69) is 5.32 Å². The smallest absolute Gasteiger partial charge is 0.257 e. The van der Waals surface area contributed by atoms with Crippen molar-refractivity contribution in [3.05, 3.63) is 52.5 Å². The number of carbonyl (C=O) groups is 1. The van der Waals surface area contributed by atoms with E-state index in [4.69, 9.17) is 27.3 Å². The van der Waals surface area contributed by atoms with Gasteiger partial charge in [0.25, 0.3) is 5.91 Å². The lowest BCUT2D eigenvalue weighted by molar-refractivity contribution is 0.102. The lowest BCUT2D eigenvalue weighted by atomic mass is 10.1. The van der Waals surface area contributed by atoms with Crippen molar-refractivity contribution in [3.8, 4) is 11.8 Å². The van der Waals surface area contributed by atoms with E-state index in [1.165, 1.54) is 19.2 Å². The van der Waals surface area contributed by atoms with Crippen LogP contribution in [0, 0.1) is 11.3 Å². The van der Waals surface area contributed by atoms with Crippen molar-refractivity contribution in [2.45, 2.75) is 0 Å². The standard InChI is InChI=1S/C15H12ClN3O2/c1-21-11-4-5-14(18)12(7-11)15(20)19-10-3-2-9(8-17)13(16)6-10/h2-7H,18H2,1H3,(H,19,20). The summed E-state index contributed by atoms with van der Waals surface area (Å²) in [6.45, 7) is 0. The average molecular weight is 302 g/mol. The minimum absolute atomic E-state index is 0.272. The summed E-state index contributed by atoms with van der Waals surface area (Å²) in [6, 6.07) is 11.4. The maximum absolute atomic E-state index is 12.2. The number of methoxy groups -OCH3 is 1. The van der Waals surface area contributed by atoms with Crippen molar-refractivity contribution >= 4 is 28.9 Å². The maximum atomic E-state index is 12.2. The quantitative estimate of drug-likeness (QED) is 0.853. The Bertz CT molecular complexity index is 738. The van der Waals surface area contributed by atoms with Crippen molar-refractivity contribution in [2.24, 2.45) is 0 Å². The number of halogens is 1. The molecule has 2 aromatic carbocycles. The van der Waals surface area contributed by atoms with Gasteiger partial charge in [0.1, 0.15) is 11.8 Å². The van der Waals surface area contributed by atoms with Crippen LogP contribution in [0.15, 0.2) is 36.4 Å². The Hall–Kier alpha value is -2.71. The first kappa shape index (κ1) is 14.7. The number of amides is 1. The highest BCUT2D eigenvalue weighted by Gasteiger charge is 2.12. The van der Waals surface area contributed by atoms with Gasteiger partial charge in [0.2, 0.25) is 0 Å². The molecule has 2 aromatic rings. The van der Waals surface area contributed by atoms with Crippen LogP contribution in [0.4, 0.5) is 11.4 Å². The van der Waals surface area contributed by atoms with Gasteiger partial charge < -0.3 is 15.8 Å². The van der Waals surface area contributed by atoms with E-state index in [9.17, 15) is 4.79 Å². The molecule has 0 fully saturated rings. The molecule has 6 heteroatoms. The van der Waals surface area contributed by atoms with Crippen LogP contribution in [0.1, 0.15) is 15.9 Å². The Morgan fingerprint density at radius 1 is 1.33 bits per heavy atom. The van der Waals surface area contributed by atoms with Gasteiger partial charge in [0, 0.05) is 11.4 Å². The first-order chi connectivity index (χ1) is 10.0. The molecule has 0 radical (unpaired) electrons. The molecule has 5 nitrogen and oxygen atoms in total. The first-order valence-electron chi connectivity index (χ1n) is 5.99. The zero-order valence-electron chi connectivity index (χ0n) is 11.2. The number of hydrogen-bond donors (Lipinski definition) is 2. The van der Waals surface area contributed by atoms with Gasteiger partial charge in [-0.25, -0.2) is 0 Å². The van der Waals surface area contributed by atoms with Gasteiger partial charge in [0.15, 0.2) is 0 Å². The van der Waals surface area contributed by atoms with Gasteiger partial charge in [0.05, 0.1) is 23.3 Å². The Morgan fingerprint density at radius 3 is 2.71 bits per heavy atom. The van der Waals surface area contributed by atoms with Crippen LogP contribution in [0.5, 0.6) is 5.75 Å². The molecule has 0 heterocycles. The first-order valence-corrected chi connectivity index (χ1v) is 6.37. The fourth-order valence-electron chi connectivity index (χ4n) is 1.74. The predicted octanol–water partition coefficient (Wildman–Crippen LogP) is 3.05. The summed E-state index contributed by atoms with van der Waals surface area (Å²) in [5.74, 6) is 0.152. The third kappa shape index (κ3) is 3.25. The zero-order chi connectivity index (χ0) is 15.4. The molecule has 1 amide bonds. The summed E-state index contributed by atoms with van der Waals surface area (Å²) in [4.78, 5) is 12.2. The highest BCUT2D eigenvalue weighted by atomic mass is 35.5. The molecule has 0 aliphatic heterocycles. The number of nitrogens with two attached hydrogens (primary N) is 1. The molecule has 0 bridgehead atoms. The normalized spacial score (nSPS) is 9.76. The second-order valence-corrected chi connectivity index (χ2v) is 4.62. The molecule has 3 N–H and O–H groups in total. The van der Waals surface area contributed by atoms with Gasteiger partial charge in [-0.3, -0.25) is 4.79 Å². The molecule has 0 saturated carbocycles.